The summed E-state index contributed by atoms with van der Waals surface area (Å²) >= 11 is 0. The van der Waals surface area contributed by atoms with Crippen LogP contribution in [0.15, 0.2) is 42.5 Å². The normalized spacial score (nSPS) is 12.3. The molecule has 0 bridgehead atoms. The van der Waals surface area contributed by atoms with Crippen LogP contribution in [0, 0.1) is 0 Å². The molecule has 0 spiro atoms. The molecular formula is C30H50N4O. The fourth-order valence-electron chi connectivity index (χ4n) is 5.15. The second kappa shape index (κ2) is 15.2. The number of hydrogen-bond donors (Lipinski definition) is 1. The van der Waals surface area contributed by atoms with E-state index in [9.17, 15) is 4.79 Å². The molecule has 2 aromatic rings. The molecule has 0 aliphatic heterocycles. The molecule has 0 fully saturated rings. The van der Waals surface area contributed by atoms with Gasteiger partial charge in [0.25, 0.3) is 0 Å². The Morgan fingerprint density at radius 2 is 1.23 bits per heavy atom. The first-order valence-electron chi connectivity index (χ1n) is 13.9. The van der Waals surface area contributed by atoms with Crippen molar-refractivity contribution in [1.29, 1.82) is 0 Å². The summed E-state index contributed by atoms with van der Waals surface area (Å²) in [6.45, 7) is 22.4. The molecule has 0 atom stereocenters. The maximum Gasteiger partial charge on any atom is 0.234 e. The van der Waals surface area contributed by atoms with Crippen molar-refractivity contribution in [1.82, 2.24) is 20.0 Å². The van der Waals surface area contributed by atoms with E-state index >= 15 is 0 Å². The van der Waals surface area contributed by atoms with Crippen LogP contribution in [0.3, 0.4) is 0 Å². The van der Waals surface area contributed by atoms with Crippen LogP contribution in [-0.2, 0) is 10.2 Å². The second-order valence-corrected chi connectivity index (χ2v) is 9.60. The van der Waals surface area contributed by atoms with Crippen LogP contribution in [0.2, 0.25) is 0 Å². The Morgan fingerprint density at radius 3 is 1.77 bits per heavy atom. The van der Waals surface area contributed by atoms with Gasteiger partial charge in [-0.1, -0.05) is 84.0 Å². The summed E-state index contributed by atoms with van der Waals surface area (Å²) in [6.07, 6.45) is 2.05. The average Bonchev–Trinajstić information content (AvgIpc) is 2.90. The van der Waals surface area contributed by atoms with Crippen LogP contribution in [0.5, 0.6) is 0 Å². The summed E-state index contributed by atoms with van der Waals surface area (Å²) in [5.74, 6) is 0.129. The smallest absolute Gasteiger partial charge is 0.234 e. The minimum absolute atomic E-state index is 0.129. The average molecular weight is 483 g/mol. The van der Waals surface area contributed by atoms with Gasteiger partial charge in [0.05, 0.1) is 6.54 Å². The standard InChI is InChI=1S/C30H50N4O/c1-7-32(8-2)22-20-30(21-23-33(9-3)10-4,25-31-29(35)24-34(11-5)12-6)28-19-15-17-26-16-13-14-18-27(26)28/h13-19H,7-12,20-25H2,1-6H3,(H,31,35). The molecule has 5 nitrogen and oxygen atoms in total. The number of likely N-dealkylation sites (N-methyl/N-ethyl adjacent to an activating group) is 1. The Morgan fingerprint density at radius 1 is 0.714 bits per heavy atom. The monoisotopic (exact) mass is 482 g/mol. The van der Waals surface area contributed by atoms with E-state index in [1.807, 2.05) is 0 Å². The van der Waals surface area contributed by atoms with Crippen molar-refractivity contribution >= 4 is 16.7 Å². The Labute approximate surface area is 214 Å². The van der Waals surface area contributed by atoms with Gasteiger partial charge in [-0.05, 0) is 81.5 Å². The minimum Gasteiger partial charge on any atom is -0.354 e. The summed E-state index contributed by atoms with van der Waals surface area (Å²) in [6, 6.07) is 15.4. The van der Waals surface area contributed by atoms with Gasteiger partial charge in [0, 0.05) is 12.0 Å². The first-order chi connectivity index (χ1) is 17.0. The van der Waals surface area contributed by atoms with Crippen molar-refractivity contribution in [3.05, 3.63) is 48.0 Å². The Kier molecular flexibility index (Phi) is 12.7. The van der Waals surface area contributed by atoms with Gasteiger partial charge < -0.3 is 15.1 Å². The molecule has 196 valence electrons. The van der Waals surface area contributed by atoms with Crippen molar-refractivity contribution in [2.75, 3.05) is 65.4 Å². The van der Waals surface area contributed by atoms with Crippen molar-refractivity contribution in [3.63, 3.8) is 0 Å². The van der Waals surface area contributed by atoms with E-state index in [2.05, 4.69) is 104 Å². The van der Waals surface area contributed by atoms with Gasteiger partial charge in [0.2, 0.25) is 5.91 Å². The van der Waals surface area contributed by atoms with Crippen LogP contribution in [-0.4, -0.2) is 86.1 Å². The number of nitrogens with one attached hydrogen (secondary N) is 1. The highest BCUT2D eigenvalue weighted by atomic mass is 16.2. The number of hydrogen-bond acceptors (Lipinski definition) is 4. The lowest BCUT2D eigenvalue weighted by molar-refractivity contribution is -0.122. The van der Waals surface area contributed by atoms with E-state index in [0.29, 0.717) is 13.1 Å². The maximum atomic E-state index is 13.0. The summed E-state index contributed by atoms with van der Waals surface area (Å²) in [5.41, 5.74) is 1.24. The SMILES string of the molecule is CCN(CC)CCC(CCN(CC)CC)(CNC(=O)CN(CC)CC)c1cccc2ccccc12. The molecule has 0 heterocycles. The van der Waals surface area contributed by atoms with Gasteiger partial charge in [-0.2, -0.15) is 0 Å². The lowest BCUT2D eigenvalue weighted by Crippen LogP contribution is -2.47. The third-order valence-electron chi connectivity index (χ3n) is 7.85. The van der Waals surface area contributed by atoms with Crippen molar-refractivity contribution in [2.45, 2.75) is 59.8 Å². The minimum atomic E-state index is -0.134. The van der Waals surface area contributed by atoms with Crippen molar-refractivity contribution in [2.24, 2.45) is 0 Å². The molecule has 2 aromatic carbocycles. The van der Waals surface area contributed by atoms with Crippen LogP contribution >= 0.6 is 0 Å². The number of benzene rings is 2. The number of carbonyl (C=O) groups excluding carboxylic acids is 1. The molecule has 0 aliphatic carbocycles. The summed E-state index contributed by atoms with van der Waals surface area (Å²) in [5, 5.41) is 5.97. The molecule has 35 heavy (non-hydrogen) atoms. The fourth-order valence-corrected chi connectivity index (χ4v) is 5.15. The predicted octanol–water partition coefficient (Wildman–Crippen LogP) is 5.00. The van der Waals surface area contributed by atoms with E-state index in [-0.39, 0.29) is 11.3 Å². The number of nitrogens with zero attached hydrogens (tertiary/aromatic N) is 3. The molecule has 0 aliphatic rings. The highest BCUT2D eigenvalue weighted by molar-refractivity contribution is 5.87. The zero-order chi connectivity index (χ0) is 25.7. The number of rotatable bonds is 17. The first kappa shape index (κ1) is 29.3. The highest BCUT2D eigenvalue weighted by Crippen LogP contribution is 2.37. The van der Waals surface area contributed by atoms with Gasteiger partial charge in [-0.3, -0.25) is 9.69 Å². The maximum absolute atomic E-state index is 13.0. The zero-order valence-electron chi connectivity index (χ0n) is 23.3. The topological polar surface area (TPSA) is 38.8 Å². The highest BCUT2D eigenvalue weighted by Gasteiger charge is 2.34. The van der Waals surface area contributed by atoms with E-state index in [0.717, 1.165) is 65.2 Å². The summed E-state index contributed by atoms with van der Waals surface area (Å²) < 4.78 is 0. The molecule has 0 saturated carbocycles. The third kappa shape index (κ3) is 8.30. The summed E-state index contributed by atoms with van der Waals surface area (Å²) in [7, 11) is 0. The van der Waals surface area contributed by atoms with Crippen molar-refractivity contribution in [3.8, 4) is 0 Å². The lowest BCUT2D eigenvalue weighted by Gasteiger charge is -2.39. The van der Waals surface area contributed by atoms with Gasteiger partial charge in [-0.15, -0.1) is 0 Å². The van der Waals surface area contributed by atoms with Gasteiger partial charge in [0.15, 0.2) is 0 Å². The molecule has 1 amide bonds. The number of amides is 1. The third-order valence-corrected chi connectivity index (χ3v) is 7.85. The van der Waals surface area contributed by atoms with E-state index in [4.69, 9.17) is 0 Å². The fraction of sp³-hybridized carbons (Fsp3) is 0.633. The van der Waals surface area contributed by atoms with E-state index < -0.39 is 0 Å². The molecule has 0 saturated heterocycles. The van der Waals surface area contributed by atoms with Crippen LogP contribution in [0.4, 0.5) is 0 Å². The second-order valence-electron chi connectivity index (χ2n) is 9.60. The van der Waals surface area contributed by atoms with E-state index in [1.54, 1.807) is 0 Å². The number of carbonyl (C=O) groups is 1. The zero-order valence-corrected chi connectivity index (χ0v) is 23.3. The molecule has 0 unspecified atom stereocenters. The molecule has 1 N–H and O–H groups in total. The van der Waals surface area contributed by atoms with Crippen LogP contribution in [0.25, 0.3) is 10.8 Å². The Balaban J connectivity index is 2.49. The lowest BCUT2D eigenvalue weighted by atomic mass is 9.72. The van der Waals surface area contributed by atoms with Gasteiger partial charge in [-0.25, -0.2) is 0 Å². The Hall–Kier alpha value is -1.95. The quantitative estimate of drug-likeness (QED) is 0.344. The predicted molar refractivity (Wildman–Crippen MR) is 151 cm³/mol. The van der Waals surface area contributed by atoms with Gasteiger partial charge >= 0.3 is 0 Å². The molecule has 0 aromatic heterocycles. The van der Waals surface area contributed by atoms with E-state index in [1.165, 1.54) is 16.3 Å². The number of fused-ring (bicyclic) bond motifs is 1. The first-order valence-corrected chi connectivity index (χ1v) is 13.9. The van der Waals surface area contributed by atoms with Crippen molar-refractivity contribution < 1.29 is 4.79 Å². The van der Waals surface area contributed by atoms with Crippen LogP contribution in [0.1, 0.15) is 59.9 Å². The molecule has 2 rings (SSSR count). The molecule has 5 heteroatoms. The molecular weight excluding hydrogens is 432 g/mol. The largest absolute Gasteiger partial charge is 0.354 e. The Bertz CT molecular complexity index is 850. The van der Waals surface area contributed by atoms with Crippen LogP contribution < -0.4 is 5.32 Å². The summed E-state index contributed by atoms with van der Waals surface area (Å²) in [4.78, 5) is 20.2. The molecule has 0 radical (unpaired) electrons. The van der Waals surface area contributed by atoms with Gasteiger partial charge in [0.1, 0.15) is 0 Å².